The van der Waals surface area contributed by atoms with E-state index in [9.17, 15) is 13.2 Å². The predicted molar refractivity (Wildman–Crippen MR) is 90.5 cm³/mol. The van der Waals surface area contributed by atoms with Crippen molar-refractivity contribution >= 4 is 28.7 Å². The summed E-state index contributed by atoms with van der Waals surface area (Å²) in [5.41, 5.74) is 0.310. The fraction of sp³-hybridized carbons (Fsp3) is 0.375. The van der Waals surface area contributed by atoms with Crippen molar-refractivity contribution in [3.8, 4) is 0 Å². The molecule has 0 saturated carbocycles. The van der Waals surface area contributed by atoms with Gasteiger partial charge in [-0.1, -0.05) is 12.1 Å². The van der Waals surface area contributed by atoms with Gasteiger partial charge in [-0.3, -0.25) is 0 Å². The number of hydrogen-bond donors (Lipinski definition) is 0. The second kappa shape index (κ2) is 6.43. The summed E-state index contributed by atoms with van der Waals surface area (Å²) in [4.78, 5) is 12.5. The molecule has 0 bridgehead atoms. The third-order valence-electron chi connectivity index (χ3n) is 3.78. The first-order chi connectivity index (χ1) is 11.3. The van der Waals surface area contributed by atoms with Crippen LogP contribution >= 0.6 is 11.3 Å². The van der Waals surface area contributed by atoms with Crippen LogP contribution in [0.3, 0.4) is 0 Å². The van der Waals surface area contributed by atoms with E-state index in [-0.39, 0.29) is 11.8 Å². The molecule has 0 N–H and O–H groups in total. The highest BCUT2D eigenvalue weighted by Gasteiger charge is 2.34. The Morgan fingerprint density at radius 1 is 1.25 bits per heavy atom. The first-order valence-electron chi connectivity index (χ1n) is 7.46. The van der Waals surface area contributed by atoms with E-state index in [1.165, 1.54) is 10.5 Å². The molecule has 3 rings (SSSR count). The van der Waals surface area contributed by atoms with Gasteiger partial charge in [0.1, 0.15) is 5.82 Å². The molecule has 8 heteroatoms. The van der Waals surface area contributed by atoms with Crippen LogP contribution in [0, 0.1) is 0 Å². The van der Waals surface area contributed by atoms with Crippen molar-refractivity contribution < 1.29 is 13.2 Å². The lowest BCUT2D eigenvalue weighted by Gasteiger charge is -2.27. The average Bonchev–Trinajstić information content (AvgIpc) is 3.08. The van der Waals surface area contributed by atoms with E-state index < -0.39 is 11.9 Å². The van der Waals surface area contributed by atoms with Crippen LogP contribution in [0.4, 0.5) is 24.9 Å². The number of halogens is 3. The van der Waals surface area contributed by atoms with Gasteiger partial charge in [0.15, 0.2) is 5.69 Å². The van der Waals surface area contributed by atoms with Gasteiger partial charge in [-0.15, -0.1) is 11.3 Å². The maximum atomic E-state index is 13.1. The minimum absolute atomic E-state index is 0.120. The zero-order valence-corrected chi connectivity index (χ0v) is 14.2. The first kappa shape index (κ1) is 16.8. The van der Waals surface area contributed by atoms with Crippen LogP contribution in [-0.4, -0.2) is 37.2 Å². The zero-order valence-electron chi connectivity index (χ0n) is 13.3. The quantitative estimate of drug-likeness (QED) is 0.836. The lowest BCUT2D eigenvalue weighted by atomic mass is 10.1. The van der Waals surface area contributed by atoms with Crippen molar-refractivity contribution in [3.05, 3.63) is 40.2 Å². The number of alkyl halides is 3. The van der Waals surface area contributed by atoms with E-state index in [1.807, 2.05) is 17.5 Å². The molecule has 2 aromatic heterocycles. The summed E-state index contributed by atoms with van der Waals surface area (Å²) in [6.07, 6.45) is -1.69. The monoisotopic (exact) mass is 354 g/mol. The molecule has 1 aliphatic heterocycles. The lowest BCUT2D eigenvalue weighted by Crippen LogP contribution is -2.31. The molecule has 3 heterocycles. The number of hydrogen-bond acceptors (Lipinski definition) is 5. The summed E-state index contributed by atoms with van der Waals surface area (Å²) in [7, 11) is 3.33. The Labute approximate surface area is 142 Å². The van der Waals surface area contributed by atoms with Gasteiger partial charge in [0, 0.05) is 38.1 Å². The minimum Gasteiger partial charge on any atom is -0.363 e. The van der Waals surface area contributed by atoms with Crippen molar-refractivity contribution in [2.75, 3.05) is 37.0 Å². The fourth-order valence-electron chi connectivity index (χ4n) is 2.47. The van der Waals surface area contributed by atoms with Gasteiger partial charge in [0.25, 0.3) is 0 Å². The maximum Gasteiger partial charge on any atom is 0.433 e. The summed E-state index contributed by atoms with van der Waals surface area (Å²) in [6, 6.07) is 5.02. The van der Waals surface area contributed by atoms with Crippen LogP contribution < -0.4 is 9.80 Å². The highest BCUT2D eigenvalue weighted by atomic mass is 32.1. The van der Waals surface area contributed by atoms with Gasteiger partial charge in [-0.2, -0.15) is 18.2 Å². The van der Waals surface area contributed by atoms with E-state index >= 15 is 0 Å². The van der Waals surface area contributed by atoms with Gasteiger partial charge in [0.05, 0.1) is 0 Å². The average molecular weight is 354 g/mol. The third-order valence-corrected chi connectivity index (χ3v) is 4.72. The Hall–Kier alpha value is -2.09. The smallest absolute Gasteiger partial charge is 0.363 e. The molecule has 0 saturated heterocycles. The van der Waals surface area contributed by atoms with Gasteiger partial charge in [0.2, 0.25) is 5.95 Å². The molecule has 0 spiro atoms. The van der Waals surface area contributed by atoms with E-state index in [2.05, 4.69) is 16.0 Å². The van der Waals surface area contributed by atoms with Gasteiger partial charge in [-0.25, -0.2) is 4.98 Å². The van der Waals surface area contributed by atoms with Crippen molar-refractivity contribution in [1.29, 1.82) is 0 Å². The van der Waals surface area contributed by atoms with Crippen LogP contribution in [0.5, 0.6) is 0 Å². The Morgan fingerprint density at radius 2 is 2.04 bits per heavy atom. The molecular weight excluding hydrogens is 337 g/mol. The van der Waals surface area contributed by atoms with Crippen LogP contribution in [0.1, 0.15) is 17.0 Å². The number of aromatic nitrogens is 2. The van der Waals surface area contributed by atoms with Gasteiger partial charge < -0.3 is 9.80 Å². The van der Waals surface area contributed by atoms with Crippen molar-refractivity contribution in [3.63, 3.8) is 0 Å². The second-order valence-corrected chi connectivity index (χ2v) is 6.65. The first-order valence-corrected chi connectivity index (χ1v) is 8.34. The Kier molecular flexibility index (Phi) is 4.49. The van der Waals surface area contributed by atoms with E-state index in [0.29, 0.717) is 13.1 Å². The van der Waals surface area contributed by atoms with Crippen molar-refractivity contribution in [1.82, 2.24) is 9.97 Å². The van der Waals surface area contributed by atoms with E-state index in [0.717, 1.165) is 12.5 Å². The molecule has 2 aromatic rings. The fourth-order valence-corrected chi connectivity index (χ4v) is 3.27. The lowest BCUT2D eigenvalue weighted by molar-refractivity contribution is -0.141. The van der Waals surface area contributed by atoms with Crippen LogP contribution in [-0.2, 0) is 6.18 Å². The SMILES string of the molecule is CN(C)c1cc(C(F)(F)F)nc(N2CC=C(c3cccs3)CC2)n1. The molecule has 0 amide bonds. The van der Waals surface area contributed by atoms with Gasteiger partial charge in [-0.05, 0) is 23.4 Å². The highest BCUT2D eigenvalue weighted by molar-refractivity contribution is 7.11. The minimum atomic E-state index is -4.49. The molecule has 128 valence electrons. The molecule has 1 aliphatic rings. The summed E-state index contributed by atoms with van der Waals surface area (Å²) < 4.78 is 39.3. The largest absolute Gasteiger partial charge is 0.433 e. The molecular formula is C16H17F3N4S. The molecule has 0 fully saturated rings. The molecule has 0 aromatic carbocycles. The number of nitrogens with zero attached hydrogens (tertiary/aromatic N) is 4. The summed E-state index contributed by atoms with van der Waals surface area (Å²) >= 11 is 1.67. The molecule has 4 nitrogen and oxygen atoms in total. The molecule has 0 radical (unpaired) electrons. The summed E-state index contributed by atoms with van der Waals surface area (Å²) in [6.45, 7) is 1.10. The molecule has 0 atom stereocenters. The topological polar surface area (TPSA) is 32.3 Å². The maximum absolute atomic E-state index is 13.1. The number of rotatable bonds is 3. The Morgan fingerprint density at radius 3 is 2.58 bits per heavy atom. The van der Waals surface area contributed by atoms with Crippen LogP contribution in [0.15, 0.2) is 29.7 Å². The third kappa shape index (κ3) is 3.53. The second-order valence-electron chi connectivity index (χ2n) is 5.71. The Balaban J connectivity index is 1.88. The molecule has 0 aliphatic carbocycles. The van der Waals surface area contributed by atoms with Crippen molar-refractivity contribution in [2.45, 2.75) is 12.6 Å². The Bertz CT molecular complexity index is 738. The van der Waals surface area contributed by atoms with Gasteiger partial charge >= 0.3 is 6.18 Å². The van der Waals surface area contributed by atoms with E-state index in [4.69, 9.17) is 0 Å². The van der Waals surface area contributed by atoms with E-state index in [1.54, 1.807) is 35.2 Å². The normalized spacial score (nSPS) is 15.4. The summed E-state index contributed by atoms with van der Waals surface area (Å²) in [5, 5.41) is 2.02. The highest BCUT2D eigenvalue weighted by Crippen LogP contribution is 2.32. The van der Waals surface area contributed by atoms with Crippen molar-refractivity contribution in [2.24, 2.45) is 0 Å². The van der Waals surface area contributed by atoms with Crippen LogP contribution in [0.25, 0.3) is 5.57 Å². The number of thiophene rings is 1. The van der Waals surface area contributed by atoms with Crippen LogP contribution in [0.2, 0.25) is 0 Å². The standard InChI is InChI=1S/C16H17F3N4S/c1-22(2)14-10-13(16(17,18)19)20-15(21-14)23-7-5-11(6-8-23)12-4-3-9-24-12/h3-5,9-10H,6-8H2,1-2H3. The zero-order chi connectivity index (χ0) is 17.3. The molecule has 0 unspecified atom stereocenters. The molecule has 24 heavy (non-hydrogen) atoms. The number of anilines is 2. The summed E-state index contributed by atoms with van der Waals surface area (Å²) in [5.74, 6) is 0.371. The predicted octanol–water partition coefficient (Wildman–Crippen LogP) is 3.92.